The molecule has 2 heterocycles. The third-order valence-electron chi connectivity index (χ3n) is 6.03. The zero-order chi connectivity index (χ0) is 14.9. The van der Waals surface area contributed by atoms with Gasteiger partial charge in [0.2, 0.25) is 5.91 Å². The molecule has 1 aliphatic carbocycles. The molecule has 4 heteroatoms. The highest BCUT2D eigenvalue weighted by atomic mass is 16.3. The van der Waals surface area contributed by atoms with E-state index in [4.69, 9.17) is 0 Å². The van der Waals surface area contributed by atoms with Gasteiger partial charge in [0.1, 0.15) is 0 Å². The molecule has 3 fully saturated rings. The molecule has 4 nitrogen and oxygen atoms in total. The van der Waals surface area contributed by atoms with Crippen LogP contribution in [-0.2, 0) is 4.79 Å². The maximum Gasteiger partial charge on any atom is 0.225 e. The van der Waals surface area contributed by atoms with Crippen molar-refractivity contribution in [2.24, 2.45) is 5.92 Å². The Hall–Kier alpha value is -0.610. The number of hydrogen-bond donors (Lipinski definition) is 1. The molecule has 120 valence electrons. The average molecular weight is 294 g/mol. The number of nitrogens with zero attached hydrogens (tertiary/aromatic N) is 2. The quantitative estimate of drug-likeness (QED) is 0.866. The van der Waals surface area contributed by atoms with Crippen LogP contribution in [0, 0.1) is 5.92 Å². The molecule has 0 aromatic heterocycles. The predicted molar refractivity (Wildman–Crippen MR) is 83.0 cm³/mol. The van der Waals surface area contributed by atoms with E-state index in [1.807, 2.05) is 4.90 Å². The molecule has 0 aromatic rings. The highest BCUT2D eigenvalue weighted by Gasteiger charge is 2.39. The van der Waals surface area contributed by atoms with Crippen LogP contribution in [0.4, 0.5) is 0 Å². The monoisotopic (exact) mass is 294 g/mol. The molecule has 1 saturated carbocycles. The molecular weight excluding hydrogens is 264 g/mol. The molecular formula is C17H30N2O2. The number of rotatable bonds is 3. The zero-order valence-corrected chi connectivity index (χ0v) is 13.4. The number of piperidine rings is 2. The van der Waals surface area contributed by atoms with E-state index in [0.717, 1.165) is 57.2 Å². The molecule has 3 aliphatic rings. The molecule has 0 bridgehead atoms. The second kappa shape index (κ2) is 6.25. The van der Waals surface area contributed by atoms with Crippen molar-refractivity contribution in [2.45, 2.75) is 69.4 Å². The van der Waals surface area contributed by atoms with Crippen molar-refractivity contribution in [1.29, 1.82) is 0 Å². The zero-order valence-electron chi connectivity index (χ0n) is 13.4. The fraction of sp³-hybridized carbons (Fsp3) is 0.941. The summed E-state index contributed by atoms with van der Waals surface area (Å²) in [7, 11) is 2.26. The van der Waals surface area contributed by atoms with E-state index in [1.165, 1.54) is 25.8 Å². The first-order chi connectivity index (χ1) is 10.1. The first-order valence-corrected chi connectivity index (χ1v) is 8.78. The topological polar surface area (TPSA) is 43.8 Å². The Labute approximate surface area is 128 Å². The van der Waals surface area contributed by atoms with Crippen LogP contribution in [-0.4, -0.2) is 59.1 Å². The minimum Gasteiger partial charge on any atom is -0.389 e. The maximum absolute atomic E-state index is 12.3. The van der Waals surface area contributed by atoms with Gasteiger partial charge in [0.05, 0.1) is 12.0 Å². The molecule has 1 unspecified atom stereocenters. The van der Waals surface area contributed by atoms with Gasteiger partial charge < -0.3 is 14.9 Å². The molecule has 0 aromatic carbocycles. The lowest BCUT2D eigenvalue weighted by Gasteiger charge is -2.43. The minimum atomic E-state index is -0.669. The summed E-state index contributed by atoms with van der Waals surface area (Å²) in [4.78, 5) is 16.8. The standard InChI is InChI=1S/C17H30N2O2/c1-18-10-3-2-5-15(18)14-6-11-19(12-7-14)16(20)13-17(21)8-4-9-17/h14-15,21H,2-13H2,1H3. The largest absolute Gasteiger partial charge is 0.389 e. The molecule has 21 heavy (non-hydrogen) atoms. The fourth-order valence-electron chi connectivity index (χ4n) is 4.39. The summed E-state index contributed by atoms with van der Waals surface area (Å²) in [5.41, 5.74) is -0.669. The normalized spacial score (nSPS) is 31.0. The average Bonchev–Trinajstić information content (AvgIpc) is 2.46. The van der Waals surface area contributed by atoms with E-state index in [-0.39, 0.29) is 5.91 Å². The number of amides is 1. The van der Waals surface area contributed by atoms with Crippen molar-refractivity contribution in [3.63, 3.8) is 0 Å². The lowest BCUT2D eigenvalue weighted by Crippen LogP contribution is -2.49. The van der Waals surface area contributed by atoms with Crippen LogP contribution in [0.2, 0.25) is 0 Å². The SMILES string of the molecule is CN1CCCCC1C1CCN(C(=O)CC2(O)CCC2)CC1. The molecule has 1 amide bonds. The van der Waals surface area contributed by atoms with Crippen molar-refractivity contribution < 1.29 is 9.90 Å². The van der Waals surface area contributed by atoms with E-state index < -0.39 is 5.60 Å². The van der Waals surface area contributed by atoms with Crippen LogP contribution in [0.15, 0.2) is 0 Å². The molecule has 3 rings (SSSR count). The summed E-state index contributed by atoms with van der Waals surface area (Å²) in [6, 6.07) is 0.729. The predicted octanol–water partition coefficient (Wildman–Crippen LogP) is 2.01. The van der Waals surface area contributed by atoms with E-state index >= 15 is 0 Å². The highest BCUT2D eigenvalue weighted by molar-refractivity contribution is 5.77. The summed E-state index contributed by atoms with van der Waals surface area (Å²) in [5, 5.41) is 10.1. The summed E-state index contributed by atoms with van der Waals surface area (Å²) in [5.74, 6) is 0.929. The van der Waals surface area contributed by atoms with E-state index in [0.29, 0.717) is 6.42 Å². The van der Waals surface area contributed by atoms with E-state index in [1.54, 1.807) is 0 Å². The van der Waals surface area contributed by atoms with Gasteiger partial charge in [-0.1, -0.05) is 6.42 Å². The maximum atomic E-state index is 12.3. The van der Waals surface area contributed by atoms with E-state index in [9.17, 15) is 9.90 Å². The van der Waals surface area contributed by atoms with Crippen LogP contribution in [0.5, 0.6) is 0 Å². The Bertz CT molecular complexity index is 373. The van der Waals surface area contributed by atoms with Crippen LogP contribution in [0.1, 0.15) is 57.8 Å². The Morgan fingerprint density at radius 2 is 1.81 bits per heavy atom. The third kappa shape index (κ3) is 3.42. The highest BCUT2D eigenvalue weighted by Crippen LogP contribution is 2.36. The second-order valence-corrected chi connectivity index (χ2v) is 7.52. The van der Waals surface area contributed by atoms with Gasteiger partial charge in [0.15, 0.2) is 0 Å². The fourth-order valence-corrected chi connectivity index (χ4v) is 4.39. The summed E-state index contributed by atoms with van der Waals surface area (Å²) in [6.45, 7) is 3.02. The first kappa shape index (κ1) is 15.3. The van der Waals surface area contributed by atoms with Gasteiger partial charge in [-0.15, -0.1) is 0 Å². The number of carbonyl (C=O) groups excluding carboxylic acids is 1. The first-order valence-electron chi connectivity index (χ1n) is 8.78. The van der Waals surface area contributed by atoms with Gasteiger partial charge in [0, 0.05) is 19.1 Å². The second-order valence-electron chi connectivity index (χ2n) is 7.52. The summed E-state index contributed by atoms with van der Waals surface area (Å²) < 4.78 is 0. The molecule has 0 radical (unpaired) electrons. The van der Waals surface area contributed by atoms with Crippen LogP contribution >= 0.6 is 0 Å². The Kier molecular flexibility index (Phi) is 4.55. The summed E-state index contributed by atoms with van der Waals surface area (Å²) in [6.07, 6.45) is 9.34. The number of carbonyl (C=O) groups is 1. The van der Waals surface area contributed by atoms with Crippen molar-refractivity contribution in [2.75, 3.05) is 26.7 Å². The van der Waals surface area contributed by atoms with Gasteiger partial charge >= 0.3 is 0 Å². The lowest BCUT2D eigenvalue weighted by molar-refractivity contribution is -0.142. The summed E-state index contributed by atoms with van der Waals surface area (Å²) >= 11 is 0. The third-order valence-corrected chi connectivity index (χ3v) is 6.03. The smallest absolute Gasteiger partial charge is 0.225 e. The van der Waals surface area contributed by atoms with Crippen molar-refractivity contribution in [1.82, 2.24) is 9.80 Å². The number of likely N-dealkylation sites (tertiary alicyclic amines) is 2. The van der Waals surface area contributed by atoms with Gasteiger partial charge in [-0.3, -0.25) is 4.79 Å². The van der Waals surface area contributed by atoms with Gasteiger partial charge in [-0.05, 0) is 64.5 Å². The molecule has 1 N–H and O–H groups in total. The van der Waals surface area contributed by atoms with Gasteiger partial charge in [0.25, 0.3) is 0 Å². The Morgan fingerprint density at radius 1 is 1.10 bits per heavy atom. The minimum absolute atomic E-state index is 0.174. The van der Waals surface area contributed by atoms with Crippen molar-refractivity contribution in [3.8, 4) is 0 Å². The molecule has 2 aliphatic heterocycles. The van der Waals surface area contributed by atoms with Crippen molar-refractivity contribution >= 4 is 5.91 Å². The Balaban J connectivity index is 1.47. The van der Waals surface area contributed by atoms with Crippen LogP contribution < -0.4 is 0 Å². The Morgan fingerprint density at radius 3 is 2.38 bits per heavy atom. The number of aliphatic hydroxyl groups is 1. The lowest BCUT2D eigenvalue weighted by atomic mass is 9.77. The van der Waals surface area contributed by atoms with Gasteiger partial charge in [-0.25, -0.2) is 0 Å². The van der Waals surface area contributed by atoms with Gasteiger partial charge in [-0.2, -0.15) is 0 Å². The molecule has 0 spiro atoms. The molecule has 2 saturated heterocycles. The van der Waals surface area contributed by atoms with Crippen LogP contribution in [0.25, 0.3) is 0 Å². The number of hydrogen-bond acceptors (Lipinski definition) is 3. The van der Waals surface area contributed by atoms with E-state index in [2.05, 4.69) is 11.9 Å². The van der Waals surface area contributed by atoms with Crippen LogP contribution in [0.3, 0.4) is 0 Å². The molecule has 1 atom stereocenters. The van der Waals surface area contributed by atoms with Crippen molar-refractivity contribution in [3.05, 3.63) is 0 Å².